The summed E-state index contributed by atoms with van der Waals surface area (Å²) >= 11 is 5.29. The molecule has 0 radical (unpaired) electrons. The molecule has 168 valence electrons. The van der Waals surface area contributed by atoms with Crippen LogP contribution in [0.1, 0.15) is 22.6 Å². The summed E-state index contributed by atoms with van der Waals surface area (Å²) < 4.78 is 5.17. The number of rotatable bonds is 7. The topological polar surface area (TPSA) is 137 Å². The summed E-state index contributed by atoms with van der Waals surface area (Å²) in [5.41, 5.74) is 6.49. The van der Waals surface area contributed by atoms with Gasteiger partial charge in [0.15, 0.2) is 11.5 Å². The maximum absolute atomic E-state index is 13.1. The van der Waals surface area contributed by atoms with Gasteiger partial charge in [-0.05, 0) is 34.4 Å². The number of hydrogen-bond donors (Lipinski definition) is 4. The van der Waals surface area contributed by atoms with Crippen molar-refractivity contribution in [2.75, 3.05) is 13.7 Å². The molecular weight excluding hydrogens is 440 g/mol. The fraction of sp³-hybridized carbons (Fsp3) is 0.167. The van der Waals surface area contributed by atoms with Crippen molar-refractivity contribution >= 4 is 39.9 Å². The normalized spacial score (nSPS) is 11.3. The average molecular weight is 463 g/mol. The van der Waals surface area contributed by atoms with Crippen molar-refractivity contribution in [1.29, 1.82) is 5.26 Å². The van der Waals surface area contributed by atoms with Gasteiger partial charge in [-0.2, -0.15) is 5.26 Å². The maximum Gasteiger partial charge on any atom is 0.317 e. The Bertz CT molecular complexity index is 1270. The molecule has 0 fully saturated rings. The quantitative estimate of drug-likeness (QED) is 0.315. The molecule has 1 atom stereocenters. The molecule has 33 heavy (non-hydrogen) atoms. The molecule has 5 N–H and O–H groups in total. The Labute approximate surface area is 196 Å². The Morgan fingerprint density at radius 2 is 1.91 bits per heavy atom. The number of phenols is 1. The number of methoxy groups -OCH3 is 1. The van der Waals surface area contributed by atoms with E-state index in [1.54, 1.807) is 6.07 Å². The summed E-state index contributed by atoms with van der Waals surface area (Å²) in [6, 6.07) is 17.8. The molecule has 0 heterocycles. The highest BCUT2D eigenvalue weighted by atomic mass is 32.1. The molecule has 3 rings (SSSR count). The molecule has 1 unspecified atom stereocenters. The van der Waals surface area contributed by atoms with Gasteiger partial charge in [0.1, 0.15) is 11.5 Å². The molecule has 8 nitrogen and oxygen atoms in total. The van der Waals surface area contributed by atoms with Gasteiger partial charge in [-0.25, -0.2) is 4.79 Å². The highest BCUT2D eigenvalue weighted by Crippen LogP contribution is 2.37. The van der Waals surface area contributed by atoms with E-state index in [4.69, 9.17) is 28.0 Å². The monoisotopic (exact) mass is 462 g/mol. The third-order valence-corrected chi connectivity index (χ3v) is 5.45. The lowest BCUT2D eigenvalue weighted by Crippen LogP contribution is -2.36. The standard InChI is InChI=1S/C24H22N4O4S/c1-32-19-9-8-17(20(21(19)29)23(33)28-24(26)31)18(22(30)27-11-10-25)13-14-6-7-15-4-2-3-5-16(15)12-14/h2-9,12,18,29H,11,13H2,1H3,(H,27,30)(H3,26,28,31,33). The predicted molar refractivity (Wildman–Crippen MR) is 128 cm³/mol. The Morgan fingerprint density at radius 3 is 2.58 bits per heavy atom. The van der Waals surface area contributed by atoms with Gasteiger partial charge in [0.25, 0.3) is 0 Å². The number of phenolic OH excluding ortho intramolecular Hbond substituents is 1. The van der Waals surface area contributed by atoms with Crippen LogP contribution in [0.2, 0.25) is 0 Å². The maximum atomic E-state index is 13.1. The van der Waals surface area contributed by atoms with Gasteiger partial charge in [0, 0.05) is 0 Å². The minimum Gasteiger partial charge on any atom is -0.504 e. The van der Waals surface area contributed by atoms with Gasteiger partial charge in [0.05, 0.1) is 24.7 Å². The average Bonchev–Trinajstić information content (AvgIpc) is 2.80. The number of nitrogens with two attached hydrogens (primary N) is 1. The van der Waals surface area contributed by atoms with Gasteiger partial charge in [-0.3, -0.25) is 10.1 Å². The first-order valence-corrected chi connectivity index (χ1v) is 10.4. The molecule has 3 aromatic rings. The van der Waals surface area contributed by atoms with E-state index in [-0.39, 0.29) is 35.0 Å². The third-order valence-electron chi connectivity index (χ3n) is 5.14. The van der Waals surface area contributed by atoms with Crippen LogP contribution in [0.3, 0.4) is 0 Å². The first-order valence-electron chi connectivity index (χ1n) is 9.98. The molecular formula is C24H22N4O4S. The fourth-order valence-electron chi connectivity index (χ4n) is 3.65. The molecule has 0 aliphatic carbocycles. The number of hydrogen-bond acceptors (Lipinski definition) is 6. The van der Waals surface area contributed by atoms with Crippen LogP contribution in [-0.4, -0.2) is 35.7 Å². The van der Waals surface area contributed by atoms with Crippen LogP contribution in [0, 0.1) is 11.3 Å². The number of carbonyl (C=O) groups is 2. The fourth-order valence-corrected chi connectivity index (χ4v) is 3.97. The molecule has 0 saturated heterocycles. The Morgan fingerprint density at radius 1 is 1.18 bits per heavy atom. The lowest BCUT2D eigenvalue weighted by molar-refractivity contribution is -0.122. The van der Waals surface area contributed by atoms with Crippen molar-refractivity contribution in [1.82, 2.24) is 10.6 Å². The first kappa shape index (κ1) is 23.5. The second kappa shape index (κ2) is 10.4. The van der Waals surface area contributed by atoms with E-state index in [0.29, 0.717) is 5.56 Å². The number of amides is 3. The number of fused-ring (bicyclic) bond motifs is 1. The molecule has 0 saturated carbocycles. The molecule has 0 aliphatic rings. The van der Waals surface area contributed by atoms with Gasteiger partial charge in [-0.15, -0.1) is 0 Å². The largest absolute Gasteiger partial charge is 0.504 e. The Kier molecular flexibility index (Phi) is 7.43. The van der Waals surface area contributed by atoms with Crippen molar-refractivity contribution in [3.63, 3.8) is 0 Å². The van der Waals surface area contributed by atoms with E-state index < -0.39 is 17.9 Å². The van der Waals surface area contributed by atoms with E-state index in [2.05, 4.69) is 10.6 Å². The van der Waals surface area contributed by atoms with E-state index >= 15 is 0 Å². The number of nitrogens with zero attached hydrogens (tertiary/aromatic N) is 1. The van der Waals surface area contributed by atoms with Crippen LogP contribution in [0.15, 0.2) is 54.6 Å². The van der Waals surface area contributed by atoms with E-state index in [9.17, 15) is 14.7 Å². The van der Waals surface area contributed by atoms with Gasteiger partial charge >= 0.3 is 6.03 Å². The highest BCUT2D eigenvalue weighted by molar-refractivity contribution is 7.80. The number of primary amides is 1. The van der Waals surface area contributed by atoms with Gasteiger partial charge < -0.3 is 20.9 Å². The Hall–Kier alpha value is -4.16. The molecule has 0 bridgehead atoms. The number of urea groups is 1. The zero-order valence-corrected chi connectivity index (χ0v) is 18.6. The lowest BCUT2D eigenvalue weighted by Gasteiger charge is -2.22. The molecule has 0 aliphatic heterocycles. The summed E-state index contributed by atoms with van der Waals surface area (Å²) in [6.45, 7) is -0.186. The zero-order chi connectivity index (χ0) is 24.0. The summed E-state index contributed by atoms with van der Waals surface area (Å²) in [4.78, 5) is 24.4. The molecule has 9 heteroatoms. The van der Waals surface area contributed by atoms with Crippen molar-refractivity contribution in [3.05, 3.63) is 71.3 Å². The number of ether oxygens (including phenoxy) is 1. The van der Waals surface area contributed by atoms with Crippen molar-refractivity contribution in [2.24, 2.45) is 5.73 Å². The Balaban J connectivity index is 2.12. The van der Waals surface area contributed by atoms with Gasteiger partial charge in [-0.1, -0.05) is 60.7 Å². The molecule has 3 amide bonds. The van der Waals surface area contributed by atoms with Crippen LogP contribution in [0.25, 0.3) is 10.8 Å². The van der Waals surface area contributed by atoms with Crippen LogP contribution >= 0.6 is 12.2 Å². The predicted octanol–water partition coefficient (Wildman–Crippen LogP) is 2.86. The molecule has 3 aromatic carbocycles. The first-order chi connectivity index (χ1) is 15.8. The van der Waals surface area contributed by atoms with Crippen LogP contribution in [0.5, 0.6) is 11.5 Å². The van der Waals surface area contributed by atoms with E-state index in [0.717, 1.165) is 16.3 Å². The van der Waals surface area contributed by atoms with Crippen molar-refractivity contribution in [2.45, 2.75) is 12.3 Å². The van der Waals surface area contributed by atoms with E-state index in [1.165, 1.54) is 13.2 Å². The smallest absolute Gasteiger partial charge is 0.317 e. The number of nitriles is 1. The second-order valence-corrected chi connectivity index (χ2v) is 7.62. The zero-order valence-electron chi connectivity index (χ0n) is 17.8. The van der Waals surface area contributed by atoms with Crippen molar-refractivity contribution in [3.8, 4) is 17.6 Å². The highest BCUT2D eigenvalue weighted by Gasteiger charge is 2.28. The second-order valence-electron chi connectivity index (χ2n) is 7.21. The minimum absolute atomic E-state index is 0.0565. The van der Waals surface area contributed by atoms with Crippen molar-refractivity contribution < 1.29 is 19.4 Å². The SMILES string of the molecule is COc1ccc(C(Cc2ccc3ccccc3c2)C(=O)NCC#N)c(C(=S)NC(N)=O)c1O. The summed E-state index contributed by atoms with van der Waals surface area (Å²) in [6.07, 6.45) is 0.250. The minimum atomic E-state index is -0.909. The number of benzene rings is 3. The summed E-state index contributed by atoms with van der Waals surface area (Å²) in [5, 5.41) is 26.6. The lowest BCUT2D eigenvalue weighted by atomic mass is 9.86. The van der Waals surface area contributed by atoms with Crippen LogP contribution < -0.4 is 21.1 Å². The number of aromatic hydroxyl groups is 1. The molecule has 0 aromatic heterocycles. The number of carbonyl (C=O) groups excluding carboxylic acids is 2. The molecule has 0 spiro atoms. The van der Waals surface area contributed by atoms with Crippen LogP contribution in [-0.2, 0) is 11.2 Å². The summed E-state index contributed by atoms with van der Waals surface area (Å²) in [5.74, 6) is -1.48. The third kappa shape index (κ3) is 5.37. The van der Waals surface area contributed by atoms with E-state index in [1.807, 2.05) is 48.5 Å². The summed E-state index contributed by atoms with van der Waals surface area (Å²) in [7, 11) is 1.37. The number of nitrogens with one attached hydrogen (secondary N) is 2. The number of thiocarbonyl (C=S) groups is 1. The van der Waals surface area contributed by atoms with Gasteiger partial charge in [0.2, 0.25) is 5.91 Å². The van der Waals surface area contributed by atoms with Crippen LogP contribution in [0.4, 0.5) is 4.79 Å².